The average Bonchev–Trinajstić information content (AvgIpc) is 2.92. The Labute approximate surface area is 134 Å². The summed E-state index contributed by atoms with van der Waals surface area (Å²) in [5, 5.41) is 10.6. The van der Waals surface area contributed by atoms with Crippen LogP contribution in [0.2, 0.25) is 0 Å². The molecule has 0 aliphatic carbocycles. The molecule has 0 bridgehead atoms. The molecule has 0 atom stereocenters. The molecule has 2 aromatic carbocycles. The average molecular weight is 328 g/mol. The predicted octanol–water partition coefficient (Wildman–Crippen LogP) is 5.11. The fraction of sp³-hybridized carbons (Fsp3) is 0.0556. The van der Waals surface area contributed by atoms with E-state index in [2.05, 4.69) is 9.97 Å². The Hall–Kier alpha value is -3.02. The van der Waals surface area contributed by atoms with Crippen LogP contribution in [0, 0.1) is 0 Å². The van der Waals surface area contributed by atoms with Gasteiger partial charge in [-0.1, -0.05) is 24.3 Å². The Bertz CT molecular complexity index is 1050. The molecule has 0 amide bonds. The largest absolute Gasteiger partial charge is 0.508 e. The number of nitrogens with zero attached hydrogens (tertiary/aromatic N) is 1. The predicted molar refractivity (Wildman–Crippen MR) is 85.7 cm³/mol. The summed E-state index contributed by atoms with van der Waals surface area (Å²) in [6.07, 6.45) is -3.34. The number of rotatable bonds is 1. The molecule has 4 aromatic rings. The Morgan fingerprint density at radius 2 is 1.58 bits per heavy atom. The van der Waals surface area contributed by atoms with Crippen molar-refractivity contribution in [2.45, 2.75) is 6.18 Å². The van der Waals surface area contributed by atoms with Crippen molar-refractivity contribution in [2.75, 3.05) is 0 Å². The van der Waals surface area contributed by atoms with Crippen molar-refractivity contribution >= 4 is 21.8 Å². The van der Waals surface area contributed by atoms with Gasteiger partial charge in [-0.3, -0.25) is 0 Å². The van der Waals surface area contributed by atoms with Gasteiger partial charge in [-0.25, -0.2) is 4.98 Å². The van der Waals surface area contributed by atoms with Crippen molar-refractivity contribution in [3.05, 3.63) is 60.4 Å². The van der Waals surface area contributed by atoms with Crippen molar-refractivity contribution in [1.82, 2.24) is 9.97 Å². The summed E-state index contributed by atoms with van der Waals surface area (Å²) < 4.78 is 39.4. The Kier molecular flexibility index (Phi) is 3.03. The quantitative estimate of drug-likeness (QED) is 0.510. The van der Waals surface area contributed by atoms with E-state index < -0.39 is 11.9 Å². The van der Waals surface area contributed by atoms with Gasteiger partial charge >= 0.3 is 6.18 Å². The van der Waals surface area contributed by atoms with Crippen LogP contribution in [0.4, 0.5) is 13.2 Å². The van der Waals surface area contributed by atoms with E-state index in [4.69, 9.17) is 0 Å². The first-order valence-corrected chi connectivity index (χ1v) is 7.20. The molecular weight excluding hydrogens is 317 g/mol. The first-order valence-electron chi connectivity index (χ1n) is 7.20. The molecular formula is C18H11F3N2O. The number of aromatic nitrogens is 2. The maximum absolute atomic E-state index is 13.1. The smallest absolute Gasteiger partial charge is 0.435 e. The van der Waals surface area contributed by atoms with Crippen LogP contribution in [0.15, 0.2) is 54.7 Å². The number of hydrogen-bond donors (Lipinski definition) is 2. The maximum Gasteiger partial charge on any atom is 0.435 e. The van der Waals surface area contributed by atoms with Crippen molar-refractivity contribution < 1.29 is 18.3 Å². The standard InChI is InChI=1S/C18H11F3N2O/c19-18(20,21)17-16-14(7-8-22-17)13-6-3-11(9-15(13)23-16)10-1-4-12(24)5-2-10/h1-9,23-24H. The molecule has 0 spiro atoms. The molecule has 2 heterocycles. The zero-order valence-electron chi connectivity index (χ0n) is 12.2. The second-order valence-corrected chi connectivity index (χ2v) is 5.51. The zero-order valence-corrected chi connectivity index (χ0v) is 12.2. The van der Waals surface area contributed by atoms with Crippen LogP contribution in [0.3, 0.4) is 0 Å². The summed E-state index contributed by atoms with van der Waals surface area (Å²) in [6.45, 7) is 0. The number of fused-ring (bicyclic) bond motifs is 3. The third-order valence-electron chi connectivity index (χ3n) is 3.99. The molecule has 4 rings (SSSR count). The molecule has 0 unspecified atom stereocenters. The second kappa shape index (κ2) is 4.99. The van der Waals surface area contributed by atoms with E-state index in [1.54, 1.807) is 42.5 Å². The van der Waals surface area contributed by atoms with Crippen molar-refractivity contribution in [2.24, 2.45) is 0 Å². The van der Waals surface area contributed by atoms with Gasteiger partial charge in [0, 0.05) is 22.5 Å². The number of nitrogens with one attached hydrogen (secondary N) is 1. The zero-order chi connectivity index (χ0) is 16.9. The van der Waals surface area contributed by atoms with E-state index in [0.717, 1.165) is 11.1 Å². The molecule has 24 heavy (non-hydrogen) atoms. The number of aromatic amines is 1. The highest BCUT2D eigenvalue weighted by Gasteiger charge is 2.35. The summed E-state index contributed by atoms with van der Waals surface area (Å²) in [6, 6.07) is 13.6. The van der Waals surface area contributed by atoms with E-state index in [-0.39, 0.29) is 11.3 Å². The number of halogens is 3. The number of hydrogen-bond acceptors (Lipinski definition) is 2. The lowest BCUT2D eigenvalue weighted by atomic mass is 10.0. The number of phenolic OH excluding ortho intramolecular Hbond substituents is 1. The third-order valence-corrected chi connectivity index (χ3v) is 3.99. The van der Waals surface area contributed by atoms with Crippen LogP contribution < -0.4 is 0 Å². The van der Waals surface area contributed by atoms with Gasteiger partial charge in [0.1, 0.15) is 5.75 Å². The number of aromatic hydroxyl groups is 1. The molecule has 2 aromatic heterocycles. The fourth-order valence-corrected chi connectivity index (χ4v) is 2.88. The van der Waals surface area contributed by atoms with Gasteiger partial charge < -0.3 is 10.1 Å². The van der Waals surface area contributed by atoms with Crippen molar-refractivity contribution in [1.29, 1.82) is 0 Å². The van der Waals surface area contributed by atoms with Crippen LogP contribution >= 0.6 is 0 Å². The van der Waals surface area contributed by atoms with E-state index in [9.17, 15) is 18.3 Å². The summed E-state index contributed by atoms with van der Waals surface area (Å²) in [4.78, 5) is 6.32. The van der Waals surface area contributed by atoms with Gasteiger partial charge in [-0.05, 0) is 35.4 Å². The van der Waals surface area contributed by atoms with Crippen LogP contribution in [0.25, 0.3) is 32.9 Å². The molecule has 6 heteroatoms. The van der Waals surface area contributed by atoms with Gasteiger partial charge in [-0.2, -0.15) is 13.2 Å². The lowest BCUT2D eigenvalue weighted by molar-refractivity contribution is -0.139. The highest BCUT2D eigenvalue weighted by atomic mass is 19.4. The van der Waals surface area contributed by atoms with Crippen LogP contribution in [-0.4, -0.2) is 15.1 Å². The minimum atomic E-state index is -4.51. The second-order valence-electron chi connectivity index (χ2n) is 5.51. The Morgan fingerprint density at radius 1 is 0.875 bits per heavy atom. The van der Waals surface area contributed by atoms with E-state index in [1.807, 2.05) is 6.07 Å². The Morgan fingerprint density at radius 3 is 2.29 bits per heavy atom. The number of H-pyrrole nitrogens is 1. The van der Waals surface area contributed by atoms with Crippen LogP contribution in [0.5, 0.6) is 5.75 Å². The highest BCUT2D eigenvalue weighted by Crippen LogP contribution is 2.36. The molecule has 0 saturated heterocycles. The topological polar surface area (TPSA) is 48.9 Å². The van der Waals surface area contributed by atoms with Gasteiger partial charge in [0.2, 0.25) is 0 Å². The number of phenols is 1. The monoisotopic (exact) mass is 328 g/mol. The van der Waals surface area contributed by atoms with Gasteiger partial charge in [0.15, 0.2) is 5.69 Å². The summed E-state index contributed by atoms with van der Waals surface area (Å²) in [5.74, 6) is 0.159. The van der Waals surface area contributed by atoms with E-state index in [1.165, 1.54) is 6.20 Å². The van der Waals surface area contributed by atoms with Gasteiger partial charge in [0.05, 0.1) is 5.52 Å². The van der Waals surface area contributed by atoms with Gasteiger partial charge in [-0.15, -0.1) is 0 Å². The molecule has 0 saturated carbocycles. The number of alkyl halides is 3. The highest BCUT2D eigenvalue weighted by molar-refractivity contribution is 6.08. The van der Waals surface area contributed by atoms with E-state index >= 15 is 0 Å². The van der Waals surface area contributed by atoms with Gasteiger partial charge in [0.25, 0.3) is 0 Å². The minimum Gasteiger partial charge on any atom is -0.508 e. The molecule has 120 valence electrons. The minimum absolute atomic E-state index is 0.0112. The molecule has 0 aliphatic rings. The van der Waals surface area contributed by atoms with Crippen molar-refractivity contribution in [3.63, 3.8) is 0 Å². The summed E-state index contributed by atoms with van der Waals surface area (Å²) in [5.41, 5.74) is 1.39. The van der Waals surface area contributed by atoms with Crippen LogP contribution in [-0.2, 0) is 6.18 Å². The first kappa shape index (κ1) is 14.6. The molecule has 0 fully saturated rings. The SMILES string of the molecule is Oc1ccc(-c2ccc3c(c2)[nH]c2c(C(F)(F)F)nccc23)cc1. The molecule has 0 radical (unpaired) electrons. The summed E-state index contributed by atoms with van der Waals surface area (Å²) >= 11 is 0. The fourth-order valence-electron chi connectivity index (χ4n) is 2.88. The first-order chi connectivity index (χ1) is 11.4. The van der Waals surface area contributed by atoms with Crippen molar-refractivity contribution in [3.8, 4) is 16.9 Å². The lowest BCUT2D eigenvalue weighted by Gasteiger charge is -2.05. The van der Waals surface area contributed by atoms with Crippen LogP contribution in [0.1, 0.15) is 5.69 Å². The van der Waals surface area contributed by atoms with E-state index in [0.29, 0.717) is 16.3 Å². The molecule has 0 aliphatic heterocycles. The number of benzene rings is 2. The third kappa shape index (κ3) is 2.27. The molecule has 3 nitrogen and oxygen atoms in total. The molecule has 2 N–H and O–H groups in total. The summed E-state index contributed by atoms with van der Waals surface area (Å²) in [7, 11) is 0. The number of pyridine rings is 1. The lowest BCUT2D eigenvalue weighted by Crippen LogP contribution is -2.08. The Balaban J connectivity index is 1.95. The maximum atomic E-state index is 13.1. The normalized spacial score (nSPS) is 12.1.